The minimum atomic E-state index is -0.633. The van der Waals surface area contributed by atoms with Gasteiger partial charge in [-0.2, -0.15) is 4.68 Å². The average Bonchev–Trinajstić information content (AvgIpc) is 3.18. The number of amides is 1. The van der Waals surface area contributed by atoms with Crippen molar-refractivity contribution in [3.05, 3.63) is 87.1 Å². The minimum Gasteiger partial charge on any atom is -0.492 e. The van der Waals surface area contributed by atoms with Gasteiger partial charge in [0.05, 0.1) is 5.69 Å². The van der Waals surface area contributed by atoms with Gasteiger partial charge in [-0.05, 0) is 29.8 Å². The molecule has 0 aliphatic rings. The first-order valence-electron chi connectivity index (χ1n) is 8.17. The molecule has 4 rings (SSSR count). The molecular formula is C19H15ClN4O3. The van der Waals surface area contributed by atoms with Crippen LogP contribution in [-0.2, 0) is 6.42 Å². The van der Waals surface area contributed by atoms with Gasteiger partial charge in [0.15, 0.2) is 0 Å². The second-order valence-corrected chi connectivity index (χ2v) is 6.52. The minimum absolute atomic E-state index is 0.240. The van der Waals surface area contributed by atoms with Crippen molar-refractivity contribution >= 4 is 28.4 Å². The molecule has 27 heavy (non-hydrogen) atoms. The van der Waals surface area contributed by atoms with Crippen molar-refractivity contribution in [3.63, 3.8) is 0 Å². The van der Waals surface area contributed by atoms with Crippen molar-refractivity contribution in [1.82, 2.24) is 14.6 Å². The van der Waals surface area contributed by atoms with Gasteiger partial charge >= 0.3 is 5.69 Å². The Hall–Kier alpha value is -3.45. The number of benzene rings is 2. The first-order valence-corrected chi connectivity index (χ1v) is 8.55. The summed E-state index contributed by atoms with van der Waals surface area (Å²) >= 11 is 5.95. The van der Waals surface area contributed by atoms with Crippen LogP contribution in [0.1, 0.15) is 21.7 Å². The molecule has 0 saturated carbocycles. The fourth-order valence-corrected chi connectivity index (χ4v) is 3.07. The molecular weight excluding hydrogens is 368 g/mol. The molecule has 2 heterocycles. The maximum Gasteiger partial charge on any atom is 0.347 e. The predicted octanol–water partition coefficient (Wildman–Crippen LogP) is 2.99. The van der Waals surface area contributed by atoms with Crippen LogP contribution in [0.25, 0.3) is 10.9 Å². The standard InChI is InChI=1S/C19H15ClN4O3/c20-13-6-7-14-12(9-13)10-15(21-14)17(25)23-24-18(26)16(22-19(24)27)8-11-4-2-1-3-5-11/h1-7,9-10,21,26H,8H2,(H,22,27)(H,23,25). The average molecular weight is 383 g/mol. The number of carbonyl (C=O) groups is 1. The van der Waals surface area contributed by atoms with E-state index < -0.39 is 11.6 Å². The lowest BCUT2D eigenvalue weighted by Gasteiger charge is -2.05. The summed E-state index contributed by atoms with van der Waals surface area (Å²) in [5.74, 6) is -0.902. The zero-order valence-electron chi connectivity index (χ0n) is 14.0. The molecule has 0 aliphatic carbocycles. The monoisotopic (exact) mass is 382 g/mol. The van der Waals surface area contributed by atoms with E-state index in [1.165, 1.54) is 0 Å². The molecule has 136 valence electrons. The quantitative estimate of drug-likeness (QED) is 0.436. The van der Waals surface area contributed by atoms with E-state index in [0.29, 0.717) is 17.1 Å². The van der Waals surface area contributed by atoms with Crippen LogP contribution < -0.4 is 11.1 Å². The van der Waals surface area contributed by atoms with Gasteiger partial charge in [0, 0.05) is 22.3 Å². The smallest absolute Gasteiger partial charge is 0.347 e. The molecule has 8 heteroatoms. The van der Waals surface area contributed by atoms with Gasteiger partial charge in [0.1, 0.15) is 5.69 Å². The number of halogens is 1. The molecule has 0 spiro atoms. The number of rotatable bonds is 4. The van der Waals surface area contributed by atoms with E-state index in [4.69, 9.17) is 11.6 Å². The topological polar surface area (TPSA) is 103 Å². The Balaban J connectivity index is 1.60. The SMILES string of the molecule is O=C(Nn1c(O)c(Cc2ccccc2)[nH]c1=O)c1cc2cc(Cl)ccc2[nH]1. The van der Waals surface area contributed by atoms with E-state index >= 15 is 0 Å². The third-order valence-electron chi connectivity index (χ3n) is 4.21. The van der Waals surface area contributed by atoms with E-state index in [9.17, 15) is 14.7 Å². The van der Waals surface area contributed by atoms with Crippen molar-refractivity contribution in [3.8, 4) is 5.88 Å². The maximum atomic E-state index is 12.5. The Morgan fingerprint density at radius 2 is 1.89 bits per heavy atom. The summed E-state index contributed by atoms with van der Waals surface area (Å²) < 4.78 is 0.791. The van der Waals surface area contributed by atoms with Gasteiger partial charge in [-0.25, -0.2) is 4.79 Å². The Bertz CT molecular complexity index is 1190. The number of carbonyl (C=O) groups excluding carboxylic acids is 1. The van der Waals surface area contributed by atoms with E-state index in [-0.39, 0.29) is 11.6 Å². The number of aromatic amines is 2. The number of fused-ring (bicyclic) bond motifs is 1. The fourth-order valence-electron chi connectivity index (χ4n) is 2.89. The van der Waals surface area contributed by atoms with E-state index in [2.05, 4.69) is 15.4 Å². The number of H-pyrrole nitrogens is 2. The number of imidazole rings is 1. The van der Waals surface area contributed by atoms with Crippen LogP contribution in [0, 0.1) is 0 Å². The van der Waals surface area contributed by atoms with Crippen LogP contribution in [0.15, 0.2) is 59.4 Å². The van der Waals surface area contributed by atoms with Crippen molar-refractivity contribution in [2.24, 2.45) is 0 Å². The molecule has 1 amide bonds. The summed E-state index contributed by atoms with van der Waals surface area (Å²) in [7, 11) is 0. The van der Waals surface area contributed by atoms with Crippen molar-refractivity contribution in [2.75, 3.05) is 5.43 Å². The summed E-state index contributed by atoms with van der Waals surface area (Å²) in [5, 5.41) is 11.7. The highest BCUT2D eigenvalue weighted by Crippen LogP contribution is 2.21. The highest BCUT2D eigenvalue weighted by Gasteiger charge is 2.17. The molecule has 0 fully saturated rings. The summed E-state index contributed by atoms with van der Waals surface area (Å²) in [4.78, 5) is 30.1. The molecule has 2 aromatic carbocycles. The van der Waals surface area contributed by atoms with Crippen LogP contribution in [0.2, 0.25) is 5.02 Å². The molecule has 0 saturated heterocycles. The van der Waals surface area contributed by atoms with Gasteiger partial charge < -0.3 is 15.1 Å². The van der Waals surface area contributed by atoms with Crippen molar-refractivity contribution in [2.45, 2.75) is 6.42 Å². The summed E-state index contributed by atoms with van der Waals surface area (Å²) in [5.41, 5.74) is 3.97. The predicted molar refractivity (Wildman–Crippen MR) is 103 cm³/mol. The molecule has 4 N–H and O–H groups in total. The highest BCUT2D eigenvalue weighted by molar-refractivity contribution is 6.31. The number of hydrogen-bond donors (Lipinski definition) is 4. The first kappa shape index (κ1) is 17.0. The van der Waals surface area contributed by atoms with Gasteiger partial charge in [-0.1, -0.05) is 41.9 Å². The molecule has 0 radical (unpaired) electrons. The third kappa shape index (κ3) is 3.32. The van der Waals surface area contributed by atoms with Crippen LogP contribution >= 0.6 is 11.6 Å². The fraction of sp³-hybridized carbons (Fsp3) is 0.0526. The highest BCUT2D eigenvalue weighted by atomic mass is 35.5. The number of nitrogens with one attached hydrogen (secondary N) is 3. The normalized spacial score (nSPS) is 11.0. The number of hydrogen-bond acceptors (Lipinski definition) is 3. The molecule has 0 bridgehead atoms. The number of nitrogens with zero attached hydrogens (tertiary/aromatic N) is 1. The van der Waals surface area contributed by atoms with E-state index in [1.54, 1.807) is 24.3 Å². The summed E-state index contributed by atoms with van der Waals surface area (Å²) in [6.07, 6.45) is 0.329. The zero-order valence-corrected chi connectivity index (χ0v) is 14.7. The van der Waals surface area contributed by atoms with Gasteiger partial charge in [-0.3, -0.25) is 10.2 Å². The second kappa shape index (κ2) is 6.69. The Morgan fingerprint density at radius 1 is 1.11 bits per heavy atom. The second-order valence-electron chi connectivity index (χ2n) is 6.09. The molecule has 4 aromatic rings. The lowest BCUT2D eigenvalue weighted by Crippen LogP contribution is -2.31. The Morgan fingerprint density at radius 3 is 2.67 bits per heavy atom. The van der Waals surface area contributed by atoms with Gasteiger partial charge in [0.2, 0.25) is 5.88 Å². The molecule has 2 aromatic heterocycles. The lowest BCUT2D eigenvalue weighted by atomic mass is 10.1. The van der Waals surface area contributed by atoms with Crippen LogP contribution in [0.4, 0.5) is 0 Å². The molecule has 0 unspecified atom stereocenters. The number of aromatic nitrogens is 3. The van der Waals surface area contributed by atoms with Crippen LogP contribution in [0.5, 0.6) is 5.88 Å². The Kier molecular flexibility index (Phi) is 4.21. The maximum absolute atomic E-state index is 12.5. The number of aromatic hydroxyl groups is 1. The van der Waals surface area contributed by atoms with Gasteiger partial charge in [0.25, 0.3) is 5.91 Å². The molecule has 0 aliphatic heterocycles. The summed E-state index contributed by atoms with van der Waals surface area (Å²) in [6, 6.07) is 16.2. The largest absolute Gasteiger partial charge is 0.492 e. The molecule has 0 atom stereocenters. The van der Waals surface area contributed by atoms with Gasteiger partial charge in [-0.15, -0.1) is 0 Å². The lowest BCUT2D eigenvalue weighted by molar-refractivity contribution is 0.100. The van der Waals surface area contributed by atoms with Crippen molar-refractivity contribution < 1.29 is 9.90 Å². The van der Waals surface area contributed by atoms with Crippen LogP contribution in [-0.4, -0.2) is 25.7 Å². The Labute approximate surface area is 158 Å². The van der Waals surface area contributed by atoms with Crippen LogP contribution in [0.3, 0.4) is 0 Å². The van der Waals surface area contributed by atoms with E-state index in [1.807, 2.05) is 30.3 Å². The summed E-state index contributed by atoms with van der Waals surface area (Å²) in [6.45, 7) is 0. The van der Waals surface area contributed by atoms with E-state index in [0.717, 1.165) is 21.1 Å². The van der Waals surface area contributed by atoms with Crippen molar-refractivity contribution in [1.29, 1.82) is 0 Å². The zero-order chi connectivity index (χ0) is 19.0. The molecule has 7 nitrogen and oxygen atoms in total. The third-order valence-corrected chi connectivity index (χ3v) is 4.44. The first-order chi connectivity index (χ1) is 13.0.